The Balaban J connectivity index is 2.68. The summed E-state index contributed by atoms with van der Waals surface area (Å²) in [4.78, 5) is 11.0. The van der Waals surface area contributed by atoms with Gasteiger partial charge < -0.3 is 14.6 Å². The maximum absolute atomic E-state index is 11.0. The normalized spacial score (nSPS) is 23.6. The smallest absolute Gasteiger partial charge is 0.339 e. The van der Waals surface area contributed by atoms with Gasteiger partial charge in [-0.3, -0.25) is 0 Å². The Hall–Kier alpha value is -1.81. The summed E-state index contributed by atoms with van der Waals surface area (Å²) in [5.74, 6) is 0.0916. The molecule has 0 saturated heterocycles. The average Bonchev–Trinajstić information content (AvgIpc) is 2.26. The fourth-order valence-corrected chi connectivity index (χ4v) is 1.35. The van der Waals surface area contributed by atoms with Crippen molar-refractivity contribution in [2.24, 2.45) is 0 Å². The van der Waals surface area contributed by atoms with Gasteiger partial charge in [-0.15, -0.1) is 0 Å². The molecule has 1 aliphatic rings. The molecule has 1 atom stereocenters. The predicted octanol–water partition coefficient (Wildman–Crippen LogP) is 1.14. The molecule has 1 aromatic heterocycles. The fourth-order valence-electron chi connectivity index (χ4n) is 1.35. The summed E-state index contributed by atoms with van der Waals surface area (Å²) in [5, 5.41) is 19.2. The van der Waals surface area contributed by atoms with Crippen LogP contribution in [0.2, 0.25) is 0 Å². The Morgan fingerprint density at radius 3 is 2.73 bits per heavy atom. The average molecular weight is 206 g/mol. The lowest BCUT2D eigenvalue weighted by atomic mass is 10.1. The molecule has 0 radical (unpaired) electrons. The van der Waals surface area contributed by atoms with E-state index in [1.54, 1.807) is 6.92 Å². The summed E-state index contributed by atoms with van der Waals surface area (Å²) in [6.07, 6.45) is 5.98. The monoisotopic (exact) mass is 206 g/mol. The van der Waals surface area contributed by atoms with E-state index >= 15 is 0 Å². The highest BCUT2D eigenvalue weighted by molar-refractivity contribution is 5.69. The number of aliphatic hydroxyl groups is 1. The third kappa shape index (κ3) is 1.85. The van der Waals surface area contributed by atoms with E-state index in [-0.39, 0.29) is 11.5 Å². The van der Waals surface area contributed by atoms with Crippen LogP contribution in [0.4, 0.5) is 0 Å². The van der Waals surface area contributed by atoms with Crippen molar-refractivity contribution in [3.05, 3.63) is 40.0 Å². The van der Waals surface area contributed by atoms with E-state index in [1.807, 2.05) is 0 Å². The minimum Gasteiger partial charge on any atom is -0.507 e. The Morgan fingerprint density at radius 2 is 2.00 bits per heavy atom. The molecule has 1 aliphatic carbocycles. The fraction of sp³-hybridized carbons (Fsp3) is 0.182. The first-order valence-electron chi connectivity index (χ1n) is 4.46. The van der Waals surface area contributed by atoms with Crippen LogP contribution < -0.4 is 5.63 Å². The van der Waals surface area contributed by atoms with Crippen LogP contribution in [0.25, 0.3) is 12.2 Å². The summed E-state index contributed by atoms with van der Waals surface area (Å²) in [6, 6.07) is 0.997. The van der Waals surface area contributed by atoms with Gasteiger partial charge in [0.1, 0.15) is 11.5 Å². The molecule has 0 amide bonds. The van der Waals surface area contributed by atoms with E-state index in [4.69, 9.17) is 4.42 Å². The van der Waals surface area contributed by atoms with E-state index < -0.39 is 11.2 Å². The molecule has 1 unspecified atom stereocenters. The van der Waals surface area contributed by atoms with Crippen molar-refractivity contribution in [1.82, 2.24) is 0 Å². The van der Waals surface area contributed by atoms with Gasteiger partial charge in [-0.25, -0.2) is 4.79 Å². The van der Waals surface area contributed by atoms with Gasteiger partial charge in [0, 0.05) is 0 Å². The maximum atomic E-state index is 11.0. The second-order valence-corrected chi connectivity index (χ2v) is 3.62. The number of fused-ring (bicyclic) bond motifs is 1. The maximum Gasteiger partial charge on any atom is 0.339 e. The molecule has 4 nitrogen and oxygen atoms in total. The Bertz CT molecular complexity index is 506. The van der Waals surface area contributed by atoms with Crippen LogP contribution in [-0.2, 0) is 0 Å². The standard InChI is InChI=1S/C11H10O4/c1-11(14)4-2-7-8(12)6-10(13)15-9(7)3-5-11/h2-6,12,14H,1H3. The number of aromatic hydroxyl groups is 1. The topological polar surface area (TPSA) is 70.7 Å². The van der Waals surface area contributed by atoms with Crippen LogP contribution in [0.1, 0.15) is 18.2 Å². The molecular formula is C11H10O4. The van der Waals surface area contributed by atoms with E-state index in [2.05, 4.69) is 0 Å². The summed E-state index contributed by atoms with van der Waals surface area (Å²) < 4.78 is 4.89. The second-order valence-electron chi connectivity index (χ2n) is 3.62. The van der Waals surface area contributed by atoms with Crippen molar-refractivity contribution in [1.29, 1.82) is 0 Å². The van der Waals surface area contributed by atoms with Gasteiger partial charge in [-0.1, -0.05) is 0 Å². The highest BCUT2D eigenvalue weighted by Gasteiger charge is 2.17. The predicted molar refractivity (Wildman–Crippen MR) is 55.3 cm³/mol. The van der Waals surface area contributed by atoms with Gasteiger partial charge in [0.2, 0.25) is 0 Å². The van der Waals surface area contributed by atoms with Crippen molar-refractivity contribution in [2.45, 2.75) is 12.5 Å². The van der Waals surface area contributed by atoms with Crippen LogP contribution in [0.5, 0.6) is 5.75 Å². The third-order valence-corrected chi connectivity index (χ3v) is 2.17. The largest absolute Gasteiger partial charge is 0.507 e. The Kier molecular flexibility index (Phi) is 2.01. The van der Waals surface area contributed by atoms with Crippen molar-refractivity contribution >= 4 is 12.2 Å². The first-order valence-corrected chi connectivity index (χ1v) is 4.46. The van der Waals surface area contributed by atoms with E-state index in [0.29, 0.717) is 5.56 Å². The van der Waals surface area contributed by atoms with Gasteiger partial charge >= 0.3 is 5.63 Å². The molecule has 1 heterocycles. The first-order chi connectivity index (χ1) is 6.98. The molecule has 2 N–H and O–H groups in total. The second kappa shape index (κ2) is 3.10. The van der Waals surface area contributed by atoms with Gasteiger partial charge in [-0.2, -0.15) is 0 Å². The molecule has 78 valence electrons. The summed E-state index contributed by atoms with van der Waals surface area (Å²) in [6.45, 7) is 1.58. The Morgan fingerprint density at radius 1 is 1.33 bits per heavy atom. The number of hydrogen-bond acceptors (Lipinski definition) is 4. The summed E-state index contributed by atoms with van der Waals surface area (Å²) in [5.41, 5.74) is -1.33. The van der Waals surface area contributed by atoms with Crippen molar-refractivity contribution in [3.63, 3.8) is 0 Å². The van der Waals surface area contributed by atoms with Crippen molar-refractivity contribution < 1.29 is 14.6 Å². The van der Waals surface area contributed by atoms with Gasteiger partial charge in [0.25, 0.3) is 0 Å². The van der Waals surface area contributed by atoms with Crippen molar-refractivity contribution in [3.8, 4) is 5.75 Å². The quantitative estimate of drug-likeness (QED) is 0.667. The van der Waals surface area contributed by atoms with E-state index in [1.165, 1.54) is 24.3 Å². The van der Waals surface area contributed by atoms with Crippen LogP contribution in [0.3, 0.4) is 0 Å². The molecule has 0 aromatic carbocycles. The molecular weight excluding hydrogens is 196 g/mol. The van der Waals surface area contributed by atoms with Gasteiger partial charge in [0.05, 0.1) is 17.2 Å². The highest BCUT2D eigenvalue weighted by Crippen LogP contribution is 2.26. The van der Waals surface area contributed by atoms with E-state index in [9.17, 15) is 15.0 Å². The SMILES string of the molecule is CC1(O)C=Cc2oc(=O)cc(O)c2C=C1. The molecule has 4 heteroatoms. The lowest BCUT2D eigenvalue weighted by Gasteiger charge is -2.10. The summed E-state index contributed by atoms with van der Waals surface area (Å²) in [7, 11) is 0. The molecule has 1 aromatic rings. The minimum atomic E-state index is -1.11. The van der Waals surface area contributed by atoms with Crippen molar-refractivity contribution in [2.75, 3.05) is 0 Å². The zero-order valence-electron chi connectivity index (χ0n) is 8.10. The Labute approximate surface area is 85.8 Å². The van der Waals surface area contributed by atoms with Crippen LogP contribution >= 0.6 is 0 Å². The van der Waals surface area contributed by atoms with Crippen LogP contribution in [0, 0.1) is 0 Å². The first kappa shape index (κ1) is 9.73. The highest BCUT2D eigenvalue weighted by atomic mass is 16.4. The summed E-state index contributed by atoms with van der Waals surface area (Å²) >= 11 is 0. The van der Waals surface area contributed by atoms with Gasteiger partial charge in [-0.05, 0) is 31.2 Å². The zero-order valence-corrected chi connectivity index (χ0v) is 8.10. The zero-order chi connectivity index (χ0) is 11.1. The van der Waals surface area contributed by atoms with E-state index in [0.717, 1.165) is 6.07 Å². The molecule has 2 rings (SSSR count). The number of rotatable bonds is 0. The minimum absolute atomic E-state index is 0.153. The lowest BCUT2D eigenvalue weighted by Crippen LogP contribution is -2.15. The molecule has 0 saturated carbocycles. The van der Waals surface area contributed by atoms with Crippen LogP contribution in [-0.4, -0.2) is 15.8 Å². The molecule has 0 fully saturated rings. The molecule has 0 aliphatic heterocycles. The molecule has 0 spiro atoms. The lowest BCUT2D eigenvalue weighted by molar-refractivity contribution is 0.166. The third-order valence-electron chi connectivity index (χ3n) is 2.17. The van der Waals surface area contributed by atoms with Gasteiger partial charge in [0.15, 0.2) is 0 Å². The molecule has 0 bridgehead atoms. The van der Waals surface area contributed by atoms with Crippen LogP contribution in [0.15, 0.2) is 27.4 Å². The molecule has 15 heavy (non-hydrogen) atoms. The number of hydrogen-bond donors (Lipinski definition) is 2.